The average Bonchev–Trinajstić information content (AvgIpc) is 3.39. The number of rotatable bonds is 5. The predicted octanol–water partition coefficient (Wildman–Crippen LogP) is 3.42. The molecule has 4 rings (SSSR count). The molecule has 12 heteroatoms. The molecule has 1 aliphatic heterocycles. The molecule has 0 spiro atoms. The molecular weight excluding hydrogens is 450 g/mol. The minimum atomic E-state index is -3.83. The Hall–Kier alpha value is -2.70. The van der Waals surface area contributed by atoms with Crippen molar-refractivity contribution in [2.45, 2.75) is 24.0 Å². The van der Waals surface area contributed by atoms with Gasteiger partial charge in [-0.15, -0.1) is 11.3 Å². The van der Waals surface area contributed by atoms with Crippen LogP contribution >= 0.6 is 11.3 Å². The van der Waals surface area contributed by atoms with Gasteiger partial charge in [0.1, 0.15) is 15.8 Å². The van der Waals surface area contributed by atoms with E-state index in [4.69, 9.17) is 4.52 Å². The fourth-order valence-corrected chi connectivity index (χ4v) is 6.15. The molecular formula is C19H18F2N4O4S2. The third kappa shape index (κ3) is 4.50. The number of amides is 1. The molecule has 1 fully saturated rings. The molecule has 0 saturated carbocycles. The van der Waals surface area contributed by atoms with E-state index in [2.05, 4.69) is 15.5 Å². The van der Waals surface area contributed by atoms with Crippen molar-refractivity contribution in [3.8, 4) is 11.4 Å². The number of halogens is 2. The maximum atomic E-state index is 13.8. The van der Waals surface area contributed by atoms with Crippen LogP contribution in [-0.4, -0.2) is 41.9 Å². The molecule has 0 radical (unpaired) electrons. The number of aryl methyl sites for hydroxylation is 1. The van der Waals surface area contributed by atoms with E-state index >= 15 is 0 Å². The number of sulfonamides is 1. The van der Waals surface area contributed by atoms with E-state index in [0.29, 0.717) is 36.2 Å². The Morgan fingerprint density at radius 2 is 2.13 bits per heavy atom. The lowest BCUT2D eigenvalue weighted by atomic mass is 9.98. The van der Waals surface area contributed by atoms with E-state index in [1.54, 1.807) is 12.3 Å². The molecule has 1 aromatic carbocycles. The first-order valence-electron chi connectivity index (χ1n) is 9.39. The van der Waals surface area contributed by atoms with E-state index in [9.17, 15) is 22.0 Å². The zero-order valence-electron chi connectivity index (χ0n) is 16.3. The van der Waals surface area contributed by atoms with Crippen LogP contribution in [0.25, 0.3) is 11.4 Å². The van der Waals surface area contributed by atoms with Gasteiger partial charge in [0.05, 0.1) is 11.6 Å². The Bertz CT molecular complexity index is 1230. The predicted molar refractivity (Wildman–Crippen MR) is 109 cm³/mol. The summed E-state index contributed by atoms with van der Waals surface area (Å²) in [6, 6.07) is 4.32. The summed E-state index contributed by atoms with van der Waals surface area (Å²) < 4.78 is 59.4. The van der Waals surface area contributed by atoms with Gasteiger partial charge in [0.2, 0.25) is 17.6 Å². The summed E-state index contributed by atoms with van der Waals surface area (Å²) in [5, 5.41) is 7.83. The molecule has 8 nitrogen and oxygen atoms in total. The Kier molecular flexibility index (Phi) is 5.86. The Balaban J connectivity index is 1.48. The molecule has 0 unspecified atom stereocenters. The van der Waals surface area contributed by atoms with Crippen molar-refractivity contribution in [2.24, 2.45) is 5.92 Å². The lowest BCUT2D eigenvalue weighted by molar-refractivity contribution is -0.120. The summed E-state index contributed by atoms with van der Waals surface area (Å²) in [7, 11) is -3.83. The fraction of sp³-hybridized carbons (Fsp3) is 0.316. The number of nitrogens with one attached hydrogen (secondary N) is 1. The minimum absolute atomic E-state index is 0.0362. The highest BCUT2D eigenvalue weighted by molar-refractivity contribution is 7.91. The molecule has 2 aromatic heterocycles. The highest BCUT2D eigenvalue weighted by Crippen LogP contribution is 2.31. The van der Waals surface area contributed by atoms with Gasteiger partial charge in [0.25, 0.3) is 10.0 Å². The third-order valence-electron chi connectivity index (χ3n) is 4.90. The molecule has 3 heterocycles. The number of benzene rings is 1. The lowest BCUT2D eigenvalue weighted by Crippen LogP contribution is -2.43. The smallest absolute Gasteiger partial charge is 0.252 e. The van der Waals surface area contributed by atoms with Gasteiger partial charge in [-0.1, -0.05) is 5.16 Å². The number of carbonyl (C=O) groups excluding carboxylic acids is 1. The number of carbonyl (C=O) groups is 1. The van der Waals surface area contributed by atoms with Crippen LogP contribution in [-0.2, 0) is 14.8 Å². The quantitative estimate of drug-likeness (QED) is 0.615. The van der Waals surface area contributed by atoms with Crippen molar-refractivity contribution in [3.63, 3.8) is 0 Å². The van der Waals surface area contributed by atoms with Gasteiger partial charge in [-0.05, 0) is 31.0 Å². The first kappa shape index (κ1) is 21.5. The highest BCUT2D eigenvalue weighted by Gasteiger charge is 2.34. The van der Waals surface area contributed by atoms with Gasteiger partial charge >= 0.3 is 0 Å². The summed E-state index contributed by atoms with van der Waals surface area (Å²) in [6.07, 6.45) is 0.935. The van der Waals surface area contributed by atoms with Gasteiger partial charge in [-0.3, -0.25) is 4.79 Å². The molecule has 1 N–H and O–H groups in total. The SMILES string of the molecule is Cc1nc(-c2csc(S(=O)(=O)N3CCC[C@@H](C(=O)Nc4ccc(F)cc4F)C3)c2)no1. The van der Waals surface area contributed by atoms with Crippen LogP contribution in [0.3, 0.4) is 0 Å². The molecule has 1 aliphatic rings. The summed E-state index contributed by atoms with van der Waals surface area (Å²) >= 11 is 1.03. The molecule has 1 amide bonds. The number of aromatic nitrogens is 2. The van der Waals surface area contributed by atoms with E-state index in [1.807, 2.05) is 0 Å². The van der Waals surface area contributed by atoms with Gasteiger partial charge in [-0.25, -0.2) is 17.2 Å². The summed E-state index contributed by atoms with van der Waals surface area (Å²) in [5.41, 5.74) is 0.378. The van der Waals surface area contributed by atoms with Crippen LogP contribution in [0.15, 0.2) is 38.4 Å². The molecule has 31 heavy (non-hydrogen) atoms. The van der Waals surface area contributed by atoms with Crippen LogP contribution in [0.4, 0.5) is 14.5 Å². The maximum absolute atomic E-state index is 13.8. The first-order valence-corrected chi connectivity index (χ1v) is 11.7. The topological polar surface area (TPSA) is 105 Å². The van der Waals surface area contributed by atoms with E-state index in [-0.39, 0.29) is 23.0 Å². The largest absolute Gasteiger partial charge is 0.339 e. The zero-order valence-corrected chi connectivity index (χ0v) is 18.0. The summed E-state index contributed by atoms with van der Waals surface area (Å²) in [5.74, 6) is -2.15. The number of hydrogen-bond donors (Lipinski definition) is 1. The third-order valence-corrected chi connectivity index (χ3v) is 8.18. The van der Waals surface area contributed by atoms with Crippen molar-refractivity contribution in [2.75, 3.05) is 18.4 Å². The molecule has 1 atom stereocenters. The van der Waals surface area contributed by atoms with Gasteiger partial charge < -0.3 is 9.84 Å². The second kappa shape index (κ2) is 8.44. The average molecular weight is 469 g/mol. The molecule has 3 aromatic rings. The van der Waals surface area contributed by atoms with Gasteiger partial charge in [0, 0.05) is 37.0 Å². The Morgan fingerprint density at radius 1 is 1.32 bits per heavy atom. The van der Waals surface area contributed by atoms with Crippen LogP contribution in [0.5, 0.6) is 0 Å². The van der Waals surface area contributed by atoms with Crippen molar-refractivity contribution in [1.29, 1.82) is 0 Å². The highest BCUT2D eigenvalue weighted by atomic mass is 32.2. The monoisotopic (exact) mass is 468 g/mol. The lowest BCUT2D eigenvalue weighted by Gasteiger charge is -2.30. The van der Waals surface area contributed by atoms with Crippen molar-refractivity contribution >= 4 is 33.0 Å². The second-order valence-corrected chi connectivity index (χ2v) is 10.2. The van der Waals surface area contributed by atoms with E-state index in [0.717, 1.165) is 23.5 Å². The maximum Gasteiger partial charge on any atom is 0.252 e. The normalized spacial score (nSPS) is 17.6. The van der Waals surface area contributed by atoms with Crippen molar-refractivity contribution < 1.29 is 26.5 Å². The van der Waals surface area contributed by atoms with Gasteiger partial charge in [-0.2, -0.15) is 9.29 Å². The van der Waals surface area contributed by atoms with Gasteiger partial charge in [0.15, 0.2) is 0 Å². The van der Waals surface area contributed by atoms with Crippen LogP contribution in [0.2, 0.25) is 0 Å². The summed E-state index contributed by atoms with van der Waals surface area (Å²) in [4.78, 5) is 16.7. The number of thiophene rings is 1. The first-order chi connectivity index (χ1) is 14.7. The Labute approximate surface area is 180 Å². The number of piperidine rings is 1. The second-order valence-electron chi connectivity index (χ2n) is 7.11. The van der Waals surface area contributed by atoms with E-state index < -0.39 is 33.5 Å². The standard InChI is InChI=1S/C19H18F2N4O4S2/c1-11-22-18(24-29-11)13-7-17(30-10-13)31(27,28)25-6-2-3-12(9-25)19(26)23-16-5-4-14(20)8-15(16)21/h4-5,7-8,10,12H,2-3,6,9H2,1H3,(H,23,26)/t12-/m1/s1. The van der Waals surface area contributed by atoms with E-state index in [1.165, 1.54) is 10.4 Å². The van der Waals surface area contributed by atoms with Crippen LogP contribution < -0.4 is 5.32 Å². The Morgan fingerprint density at radius 3 is 2.84 bits per heavy atom. The molecule has 1 saturated heterocycles. The fourth-order valence-electron chi connectivity index (χ4n) is 3.31. The van der Waals surface area contributed by atoms with Crippen molar-refractivity contribution in [1.82, 2.24) is 14.4 Å². The number of nitrogens with zero attached hydrogens (tertiary/aromatic N) is 3. The number of anilines is 1. The van der Waals surface area contributed by atoms with Crippen LogP contribution in [0, 0.1) is 24.5 Å². The summed E-state index contributed by atoms with van der Waals surface area (Å²) in [6.45, 7) is 1.87. The van der Waals surface area contributed by atoms with Crippen LogP contribution in [0.1, 0.15) is 18.7 Å². The molecule has 164 valence electrons. The van der Waals surface area contributed by atoms with Crippen molar-refractivity contribution in [3.05, 3.63) is 47.2 Å². The minimum Gasteiger partial charge on any atom is -0.339 e. The number of hydrogen-bond acceptors (Lipinski definition) is 7. The zero-order chi connectivity index (χ0) is 22.2. The molecule has 0 aliphatic carbocycles. The molecule has 0 bridgehead atoms.